The summed E-state index contributed by atoms with van der Waals surface area (Å²) >= 11 is 0. The highest BCUT2D eigenvalue weighted by molar-refractivity contribution is 5.96. The van der Waals surface area contributed by atoms with Gasteiger partial charge < -0.3 is 9.64 Å². The minimum Gasteiger partial charge on any atom is -0.377 e. The van der Waals surface area contributed by atoms with Crippen LogP contribution in [-0.4, -0.2) is 42.4 Å². The molecule has 4 nitrogen and oxygen atoms in total. The Morgan fingerprint density at radius 3 is 2.61 bits per heavy atom. The molecule has 3 fully saturated rings. The molecule has 1 aliphatic heterocycles. The quantitative estimate of drug-likeness (QED) is 0.803. The van der Waals surface area contributed by atoms with Gasteiger partial charge in [-0.1, -0.05) is 36.8 Å². The number of Topliss-reactive ketones (excluding diaryl/α,β-unsaturated/α-hetero) is 1. The average molecular weight is 313 g/mol. The van der Waals surface area contributed by atoms with Gasteiger partial charge in [-0.05, 0) is 24.7 Å². The topological polar surface area (TPSA) is 46.6 Å². The molecular weight excluding hydrogens is 290 g/mol. The first kappa shape index (κ1) is 14.9. The summed E-state index contributed by atoms with van der Waals surface area (Å²) < 4.78 is 5.55. The molecule has 0 radical (unpaired) electrons. The fourth-order valence-corrected chi connectivity index (χ4v) is 4.45. The first-order valence-corrected chi connectivity index (χ1v) is 8.72. The second-order valence-electron chi connectivity index (χ2n) is 7.04. The van der Waals surface area contributed by atoms with E-state index < -0.39 is 0 Å². The number of nitrogens with zero attached hydrogens (tertiary/aromatic N) is 1. The third-order valence-corrected chi connectivity index (χ3v) is 5.72. The van der Waals surface area contributed by atoms with Crippen molar-refractivity contribution < 1.29 is 14.3 Å². The summed E-state index contributed by atoms with van der Waals surface area (Å²) in [6.07, 6.45) is 4.05. The van der Waals surface area contributed by atoms with Crippen LogP contribution in [0.15, 0.2) is 30.3 Å². The smallest absolute Gasteiger partial charge is 0.226 e. The van der Waals surface area contributed by atoms with Gasteiger partial charge in [0.05, 0.1) is 19.3 Å². The summed E-state index contributed by atoms with van der Waals surface area (Å²) in [5.74, 6) is 1.84. The number of carbonyl (C=O) groups is 2. The van der Waals surface area contributed by atoms with Crippen LogP contribution in [0.25, 0.3) is 0 Å². The second kappa shape index (κ2) is 6.08. The minimum atomic E-state index is -0.106. The lowest BCUT2D eigenvalue weighted by Gasteiger charge is -2.36. The highest BCUT2D eigenvalue weighted by Gasteiger charge is 2.58. The van der Waals surface area contributed by atoms with Crippen LogP contribution in [0.3, 0.4) is 0 Å². The van der Waals surface area contributed by atoms with Gasteiger partial charge in [-0.15, -0.1) is 0 Å². The van der Waals surface area contributed by atoms with Crippen LogP contribution in [0.4, 0.5) is 0 Å². The molecule has 1 saturated heterocycles. The number of carbonyl (C=O) groups excluding carboxylic acids is 2. The van der Waals surface area contributed by atoms with Crippen LogP contribution >= 0.6 is 0 Å². The van der Waals surface area contributed by atoms with Crippen molar-refractivity contribution in [2.24, 2.45) is 17.8 Å². The largest absolute Gasteiger partial charge is 0.377 e. The van der Waals surface area contributed by atoms with Crippen molar-refractivity contribution in [1.82, 2.24) is 4.90 Å². The molecule has 4 rings (SSSR count). The molecule has 2 aliphatic carbocycles. The molecule has 4 heteroatoms. The zero-order valence-corrected chi connectivity index (χ0v) is 13.3. The van der Waals surface area contributed by atoms with Crippen LogP contribution in [0.1, 0.15) is 36.0 Å². The monoisotopic (exact) mass is 313 g/mol. The zero-order valence-electron chi connectivity index (χ0n) is 13.3. The van der Waals surface area contributed by atoms with Gasteiger partial charge in [0.1, 0.15) is 0 Å². The number of ether oxygens (including phenoxy) is 1. The molecule has 1 aromatic rings. The summed E-state index contributed by atoms with van der Waals surface area (Å²) in [6.45, 7) is 1.69. The van der Waals surface area contributed by atoms with Crippen molar-refractivity contribution in [3.05, 3.63) is 35.9 Å². The van der Waals surface area contributed by atoms with Gasteiger partial charge in [-0.2, -0.15) is 0 Å². The van der Waals surface area contributed by atoms with E-state index in [1.54, 1.807) is 0 Å². The Balaban J connectivity index is 1.43. The lowest BCUT2D eigenvalue weighted by atomic mass is 10.0. The maximum absolute atomic E-state index is 12.9. The van der Waals surface area contributed by atoms with E-state index in [0.29, 0.717) is 43.6 Å². The lowest BCUT2D eigenvalue weighted by molar-refractivity contribution is -0.142. The Labute approximate surface area is 136 Å². The molecule has 23 heavy (non-hydrogen) atoms. The summed E-state index contributed by atoms with van der Waals surface area (Å²) in [5.41, 5.74) is 0.716. The van der Waals surface area contributed by atoms with Gasteiger partial charge in [-0.3, -0.25) is 9.59 Å². The predicted octanol–water partition coefficient (Wildman–Crippen LogP) is 2.53. The summed E-state index contributed by atoms with van der Waals surface area (Å²) in [7, 11) is 0. The van der Waals surface area contributed by atoms with Crippen LogP contribution < -0.4 is 0 Å². The molecule has 1 amide bonds. The third-order valence-electron chi connectivity index (χ3n) is 5.72. The number of hydrogen-bond donors (Lipinski definition) is 0. The number of fused-ring (bicyclic) bond motifs is 1. The third kappa shape index (κ3) is 2.80. The molecule has 1 aromatic carbocycles. The molecule has 0 aromatic heterocycles. The van der Waals surface area contributed by atoms with Gasteiger partial charge in [0, 0.05) is 24.4 Å². The van der Waals surface area contributed by atoms with E-state index in [4.69, 9.17) is 4.74 Å². The van der Waals surface area contributed by atoms with Gasteiger partial charge in [0.2, 0.25) is 5.91 Å². The number of ketones is 1. The van der Waals surface area contributed by atoms with E-state index >= 15 is 0 Å². The van der Waals surface area contributed by atoms with Gasteiger partial charge >= 0.3 is 0 Å². The molecule has 4 atom stereocenters. The first-order valence-electron chi connectivity index (χ1n) is 8.72. The minimum absolute atomic E-state index is 0.0925. The summed E-state index contributed by atoms with van der Waals surface area (Å²) in [4.78, 5) is 27.3. The van der Waals surface area contributed by atoms with Crippen molar-refractivity contribution in [3.8, 4) is 0 Å². The van der Waals surface area contributed by atoms with E-state index in [1.165, 1.54) is 19.3 Å². The summed E-state index contributed by atoms with van der Waals surface area (Å²) in [5, 5.41) is 0. The van der Waals surface area contributed by atoms with Gasteiger partial charge in [0.25, 0.3) is 0 Å². The highest BCUT2D eigenvalue weighted by Crippen LogP contribution is 2.58. The Morgan fingerprint density at radius 2 is 1.87 bits per heavy atom. The maximum Gasteiger partial charge on any atom is 0.226 e. The van der Waals surface area contributed by atoms with Crippen molar-refractivity contribution in [2.75, 3.05) is 19.8 Å². The highest BCUT2D eigenvalue weighted by atomic mass is 16.5. The zero-order chi connectivity index (χ0) is 15.8. The molecular formula is C19H23NO3. The Kier molecular flexibility index (Phi) is 3.93. The number of hydrogen-bond acceptors (Lipinski definition) is 3. The molecule has 1 unspecified atom stereocenters. The Bertz CT molecular complexity index is 590. The van der Waals surface area contributed by atoms with Crippen LogP contribution in [0, 0.1) is 17.8 Å². The molecule has 0 N–H and O–H groups in total. The maximum atomic E-state index is 12.9. The second-order valence-corrected chi connectivity index (χ2v) is 7.04. The number of morpholine rings is 1. The van der Waals surface area contributed by atoms with Crippen molar-refractivity contribution in [1.29, 1.82) is 0 Å². The molecule has 3 aliphatic rings. The van der Waals surface area contributed by atoms with E-state index in [-0.39, 0.29) is 23.7 Å². The lowest BCUT2D eigenvalue weighted by Crippen LogP contribution is -2.50. The van der Waals surface area contributed by atoms with Crippen molar-refractivity contribution in [2.45, 2.75) is 31.7 Å². The normalized spacial score (nSPS) is 32.4. The average Bonchev–Trinajstić information content (AvgIpc) is 3.07. The number of amides is 1. The fourth-order valence-electron chi connectivity index (χ4n) is 4.45. The number of rotatable bonds is 4. The molecule has 122 valence electrons. The predicted molar refractivity (Wildman–Crippen MR) is 86.0 cm³/mol. The molecule has 1 heterocycles. The van der Waals surface area contributed by atoms with Gasteiger partial charge in [0.15, 0.2) is 5.78 Å². The first-order chi connectivity index (χ1) is 11.3. The van der Waals surface area contributed by atoms with Crippen molar-refractivity contribution >= 4 is 11.7 Å². The summed E-state index contributed by atoms with van der Waals surface area (Å²) in [6, 6.07) is 9.22. The molecule has 0 bridgehead atoms. The fraction of sp³-hybridized carbons (Fsp3) is 0.579. The Morgan fingerprint density at radius 1 is 1.13 bits per heavy atom. The van der Waals surface area contributed by atoms with Crippen LogP contribution in [0.2, 0.25) is 0 Å². The van der Waals surface area contributed by atoms with E-state index in [0.717, 1.165) is 0 Å². The standard InChI is InChI=1S/C19H23NO3/c21-17(13-5-2-1-3-6-13)11-14-12-23-10-9-20(14)19(22)18-15-7-4-8-16(15)18/h1-3,5-6,14-16,18H,4,7-12H2/t14-,15-,16+,18?/m0/s1. The van der Waals surface area contributed by atoms with Crippen LogP contribution in [0.5, 0.6) is 0 Å². The van der Waals surface area contributed by atoms with Crippen molar-refractivity contribution in [3.63, 3.8) is 0 Å². The number of benzene rings is 1. The van der Waals surface area contributed by atoms with E-state index in [1.807, 2.05) is 35.2 Å². The molecule has 0 spiro atoms. The van der Waals surface area contributed by atoms with E-state index in [9.17, 15) is 9.59 Å². The van der Waals surface area contributed by atoms with E-state index in [2.05, 4.69) is 0 Å². The Hall–Kier alpha value is -1.68. The van der Waals surface area contributed by atoms with Gasteiger partial charge in [-0.25, -0.2) is 0 Å². The molecule has 2 saturated carbocycles. The SMILES string of the molecule is O=C(C[C@H]1COCCN1C(=O)C1[C@H]2CCC[C@@H]12)c1ccccc1. The van der Waals surface area contributed by atoms with Crippen LogP contribution in [-0.2, 0) is 9.53 Å².